The Kier molecular flexibility index (Phi) is 3.52. The first-order valence-electron chi connectivity index (χ1n) is 7.16. The first-order valence-corrected chi connectivity index (χ1v) is 7.16. The maximum Gasteiger partial charge on any atom is 0.0415 e. The number of nitrogens with zero attached hydrogens (tertiary/aromatic N) is 2. The summed E-state index contributed by atoms with van der Waals surface area (Å²) in [4.78, 5) is 5.09. The van der Waals surface area contributed by atoms with E-state index in [1.54, 1.807) is 0 Å². The van der Waals surface area contributed by atoms with E-state index in [9.17, 15) is 0 Å². The number of nitrogens with two attached hydrogens (primary N) is 1. The van der Waals surface area contributed by atoms with Gasteiger partial charge in [0.15, 0.2) is 0 Å². The topological polar surface area (TPSA) is 32.5 Å². The van der Waals surface area contributed by atoms with Gasteiger partial charge in [-0.15, -0.1) is 0 Å². The van der Waals surface area contributed by atoms with Crippen molar-refractivity contribution in [3.63, 3.8) is 0 Å². The van der Waals surface area contributed by atoms with Crippen LogP contribution in [-0.4, -0.2) is 37.6 Å². The van der Waals surface area contributed by atoms with E-state index in [1.807, 2.05) is 0 Å². The molecule has 1 unspecified atom stereocenters. The van der Waals surface area contributed by atoms with E-state index in [0.717, 1.165) is 19.5 Å². The highest BCUT2D eigenvalue weighted by molar-refractivity contribution is 5.56. The maximum absolute atomic E-state index is 6.19. The molecule has 0 amide bonds. The second-order valence-corrected chi connectivity index (χ2v) is 5.49. The Bertz CT molecular complexity index is 398. The van der Waals surface area contributed by atoms with Crippen molar-refractivity contribution in [3.8, 4) is 0 Å². The lowest BCUT2D eigenvalue weighted by Gasteiger charge is -2.35. The minimum Gasteiger partial charge on any atom is -0.370 e. The fraction of sp³-hybridized carbons (Fsp3) is 0.600. The third-order valence-corrected chi connectivity index (χ3v) is 4.27. The maximum atomic E-state index is 6.19. The zero-order valence-electron chi connectivity index (χ0n) is 11.0. The number of benzene rings is 1. The molecule has 1 saturated heterocycles. The molecule has 1 aromatic rings. The Labute approximate surface area is 110 Å². The molecule has 98 valence electrons. The van der Waals surface area contributed by atoms with Gasteiger partial charge in [0.05, 0.1) is 0 Å². The highest BCUT2D eigenvalue weighted by Crippen LogP contribution is 2.31. The van der Waals surface area contributed by atoms with Crippen molar-refractivity contribution < 1.29 is 0 Å². The van der Waals surface area contributed by atoms with Gasteiger partial charge >= 0.3 is 0 Å². The minimum absolute atomic E-state index is 0.226. The van der Waals surface area contributed by atoms with E-state index in [2.05, 4.69) is 34.1 Å². The van der Waals surface area contributed by atoms with Crippen LogP contribution in [-0.2, 0) is 0 Å². The van der Waals surface area contributed by atoms with Crippen LogP contribution in [0.4, 0.5) is 5.69 Å². The summed E-state index contributed by atoms with van der Waals surface area (Å²) >= 11 is 0. The van der Waals surface area contributed by atoms with Crippen LogP contribution in [0.1, 0.15) is 30.9 Å². The molecule has 1 aromatic carbocycles. The van der Waals surface area contributed by atoms with Crippen molar-refractivity contribution in [1.82, 2.24) is 4.90 Å². The molecule has 18 heavy (non-hydrogen) atoms. The van der Waals surface area contributed by atoms with Crippen LogP contribution < -0.4 is 10.6 Å². The molecule has 0 aliphatic carbocycles. The van der Waals surface area contributed by atoms with Crippen LogP contribution in [0.5, 0.6) is 0 Å². The summed E-state index contributed by atoms with van der Waals surface area (Å²) in [7, 11) is 0. The minimum atomic E-state index is 0.226. The van der Waals surface area contributed by atoms with Gasteiger partial charge in [0, 0.05) is 31.4 Å². The monoisotopic (exact) mass is 245 g/mol. The van der Waals surface area contributed by atoms with Crippen LogP contribution >= 0.6 is 0 Å². The molecule has 0 aromatic heterocycles. The van der Waals surface area contributed by atoms with Crippen LogP contribution in [0.3, 0.4) is 0 Å². The molecule has 0 radical (unpaired) electrons. The van der Waals surface area contributed by atoms with Gasteiger partial charge in [-0.3, -0.25) is 0 Å². The lowest BCUT2D eigenvalue weighted by atomic mass is 9.97. The van der Waals surface area contributed by atoms with Gasteiger partial charge in [-0.1, -0.05) is 18.2 Å². The van der Waals surface area contributed by atoms with Gasteiger partial charge in [-0.2, -0.15) is 0 Å². The summed E-state index contributed by atoms with van der Waals surface area (Å²) in [6.07, 6.45) is 3.83. The lowest BCUT2D eigenvalue weighted by molar-refractivity contribution is 0.342. The fourth-order valence-electron chi connectivity index (χ4n) is 3.16. The van der Waals surface area contributed by atoms with Crippen LogP contribution in [0, 0.1) is 0 Å². The fourth-order valence-corrected chi connectivity index (χ4v) is 3.16. The van der Waals surface area contributed by atoms with Gasteiger partial charge in [-0.25, -0.2) is 0 Å². The molecule has 3 rings (SSSR count). The molecule has 0 saturated carbocycles. The van der Waals surface area contributed by atoms with Crippen molar-refractivity contribution in [2.75, 3.05) is 37.6 Å². The van der Waals surface area contributed by atoms with Gasteiger partial charge in [0.2, 0.25) is 0 Å². The van der Waals surface area contributed by atoms with E-state index in [4.69, 9.17) is 5.73 Å². The normalized spacial score (nSPS) is 24.3. The summed E-state index contributed by atoms with van der Waals surface area (Å²) in [6, 6.07) is 8.85. The zero-order chi connectivity index (χ0) is 12.4. The van der Waals surface area contributed by atoms with Crippen molar-refractivity contribution in [2.45, 2.75) is 25.3 Å². The quantitative estimate of drug-likeness (QED) is 0.884. The number of anilines is 1. The lowest BCUT2D eigenvalue weighted by Crippen LogP contribution is -2.38. The molecule has 3 heteroatoms. The highest BCUT2D eigenvalue weighted by atomic mass is 15.2. The van der Waals surface area contributed by atoms with E-state index in [0.29, 0.717) is 0 Å². The largest absolute Gasteiger partial charge is 0.370 e. The molecule has 0 spiro atoms. The third-order valence-electron chi connectivity index (χ3n) is 4.27. The molecule has 3 nitrogen and oxygen atoms in total. The number of rotatable bonds is 3. The molecule has 2 N–H and O–H groups in total. The van der Waals surface area contributed by atoms with Gasteiger partial charge in [0.1, 0.15) is 0 Å². The molecule has 2 aliphatic heterocycles. The highest BCUT2D eigenvalue weighted by Gasteiger charge is 2.22. The van der Waals surface area contributed by atoms with Crippen molar-refractivity contribution in [2.24, 2.45) is 5.73 Å². The molecule has 0 bridgehead atoms. The number of hydrogen-bond acceptors (Lipinski definition) is 3. The number of fused-ring (bicyclic) bond motifs is 1. The Morgan fingerprint density at radius 1 is 1.06 bits per heavy atom. The van der Waals surface area contributed by atoms with Crippen molar-refractivity contribution in [3.05, 3.63) is 29.8 Å². The molecule has 1 fully saturated rings. The standard InChI is InChI=1S/C15H23N3/c16-14-7-10-18(12-11-17-8-3-4-9-17)15-6-2-1-5-13(14)15/h1-2,5-6,14H,3-4,7-12,16H2. The Hall–Kier alpha value is -1.06. The molecular weight excluding hydrogens is 222 g/mol. The molecular formula is C15H23N3. The third kappa shape index (κ3) is 2.38. The predicted molar refractivity (Wildman–Crippen MR) is 75.9 cm³/mol. The average molecular weight is 245 g/mol. The summed E-state index contributed by atoms with van der Waals surface area (Å²) in [5.74, 6) is 0. The zero-order valence-corrected chi connectivity index (χ0v) is 11.0. The van der Waals surface area contributed by atoms with E-state index < -0.39 is 0 Å². The van der Waals surface area contributed by atoms with Crippen LogP contribution in [0.2, 0.25) is 0 Å². The van der Waals surface area contributed by atoms with E-state index in [-0.39, 0.29) is 6.04 Å². The molecule has 2 aliphatic rings. The Balaban J connectivity index is 1.68. The van der Waals surface area contributed by atoms with E-state index in [1.165, 1.54) is 43.7 Å². The van der Waals surface area contributed by atoms with Crippen LogP contribution in [0.25, 0.3) is 0 Å². The van der Waals surface area contributed by atoms with Crippen LogP contribution in [0.15, 0.2) is 24.3 Å². The first-order chi connectivity index (χ1) is 8.84. The summed E-state index contributed by atoms with van der Waals surface area (Å²) in [6.45, 7) is 6.02. The smallest absolute Gasteiger partial charge is 0.0415 e. The molecule has 2 heterocycles. The number of likely N-dealkylation sites (tertiary alicyclic amines) is 1. The van der Waals surface area contributed by atoms with Gasteiger partial charge < -0.3 is 15.5 Å². The number of para-hydroxylation sites is 1. The Morgan fingerprint density at radius 3 is 2.67 bits per heavy atom. The SMILES string of the molecule is NC1CCN(CCN2CCCC2)c2ccccc21. The van der Waals surface area contributed by atoms with E-state index >= 15 is 0 Å². The summed E-state index contributed by atoms with van der Waals surface area (Å²) < 4.78 is 0. The summed E-state index contributed by atoms with van der Waals surface area (Å²) in [5.41, 5.74) is 8.87. The van der Waals surface area contributed by atoms with Gasteiger partial charge in [-0.05, 0) is 44.0 Å². The van der Waals surface area contributed by atoms with Gasteiger partial charge in [0.25, 0.3) is 0 Å². The Morgan fingerprint density at radius 2 is 1.83 bits per heavy atom. The summed E-state index contributed by atoms with van der Waals surface area (Å²) in [5, 5.41) is 0. The predicted octanol–water partition coefficient (Wildman–Crippen LogP) is 1.99. The second kappa shape index (κ2) is 5.29. The van der Waals surface area contributed by atoms with Crippen molar-refractivity contribution >= 4 is 5.69 Å². The second-order valence-electron chi connectivity index (χ2n) is 5.49. The van der Waals surface area contributed by atoms with Crippen molar-refractivity contribution in [1.29, 1.82) is 0 Å². The average Bonchev–Trinajstić information content (AvgIpc) is 2.92. The number of hydrogen-bond donors (Lipinski definition) is 1. The first kappa shape index (κ1) is 12.0. The molecule has 1 atom stereocenters.